The number of hydrogen-bond acceptors (Lipinski definition) is 7. The van der Waals surface area contributed by atoms with Crippen molar-refractivity contribution in [1.29, 1.82) is 0 Å². The zero-order valence-electron chi connectivity index (χ0n) is 15.7. The van der Waals surface area contributed by atoms with Gasteiger partial charge in [-0.2, -0.15) is 4.98 Å². The summed E-state index contributed by atoms with van der Waals surface area (Å²) in [5.41, 5.74) is 1.74. The number of ether oxygens (including phenoxy) is 1. The van der Waals surface area contributed by atoms with E-state index in [-0.39, 0.29) is 22.5 Å². The summed E-state index contributed by atoms with van der Waals surface area (Å²) < 4.78 is 51.6. The van der Waals surface area contributed by atoms with Gasteiger partial charge in [0, 0.05) is 17.5 Å². The van der Waals surface area contributed by atoms with Crippen molar-refractivity contribution in [3.8, 4) is 28.6 Å². The average molecular weight is 445 g/mol. The first-order valence-corrected chi connectivity index (χ1v) is 11.1. The summed E-state index contributed by atoms with van der Waals surface area (Å²) in [6.07, 6.45) is 0. The van der Waals surface area contributed by atoms with Crippen molar-refractivity contribution in [1.82, 2.24) is 14.9 Å². The van der Waals surface area contributed by atoms with Crippen molar-refractivity contribution in [2.24, 2.45) is 0 Å². The van der Waals surface area contributed by atoms with Gasteiger partial charge in [0.05, 0.1) is 12.7 Å². The molecule has 0 spiro atoms. The van der Waals surface area contributed by atoms with Crippen LogP contribution in [0.4, 0.5) is 4.39 Å². The minimum Gasteiger partial charge on any atom is -0.497 e. The molecule has 2 aromatic heterocycles. The van der Waals surface area contributed by atoms with E-state index in [1.165, 1.54) is 18.2 Å². The van der Waals surface area contributed by atoms with E-state index in [9.17, 15) is 12.8 Å². The van der Waals surface area contributed by atoms with E-state index in [1.807, 2.05) is 0 Å². The van der Waals surface area contributed by atoms with Gasteiger partial charge in [-0.1, -0.05) is 29.4 Å². The summed E-state index contributed by atoms with van der Waals surface area (Å²) >= 11 is 1.04. The second-order valence-corrected chi connectivity index (χ2v) is 9.17. The molecule has 0 saturated heterocycles. The molecule has 0 aliphatic heterocycles. The molecule has 0 saturated carbocycles. The van der Waals surface area contributed by atoms with Crippen LogP contribution in [0.15, 0.2) is 68.7 Å². The number of sulfonamides is 1. The van der Waals surface area contributed by atoms with Gasteiger partial charge in [0.15, 0.2) is 0 Å². The van der Waals surface area contributed by atoms with Crippen molar-refractivity contribution in [2.45, 2.75) is 10.8 Å². The van der Waals surface area contributed by atoms with Crippen LogP contribution < -0.4 is 9.46 Å². The average Bonchev–Trinajstić information content (AvgIpc) is 3.43. The fourth-order valence-electron chi connectivity index (χ4n) is 2.65. The lowest BCUT2D eigenvalue weighted by Crippen LogP contribution is -2.22. The molecule has 7 nitrogen and oxygen atoms in total. The largest absolute Gasteiger partial charge is 0.497 e. The highest BCUT2D eigenvalue weighted by Gasteiger charge is 2.20. The number of rotatable bonds is 7. The third-order valence-corrected chi connectivity index (χ3v) is 7.06. The smallest absolute Gasteiger partial charge is 0.259 e. The SMILES string of the molecule is COc1ccc(CNS(=O)(=O)c2cc(-c3nc(-c4cccc(F)c4)no3)cs2)cc1. The Labute approximate surface area is 176 Å². The summed E-state index contributed by atoms with van der Waals surface area (Å²) in [7, 11) is -2.15. The number of nitrogens with one attached hydrogen (secondary N) is 1. The number of methoxy groups -OCH3 is 1. The van der Waals surface area contributed by atoms with E-state index in [0.717, 1.165) is 16.9 Å². The summed E-state index contributed by atoms with van der Waals surface area (Å²) in [5.74, 6) is 0.659. The van der Waals surface area contributed by atoms with E-state index in [4.69, 9.17) is 9.26 Å². The van der Waals surface area contributed by atoms with Crippen molar-refractivity contribution < 1.29 is 22.1 Å². The van der Waals surface area contributed by atoms with Gasteiger partial charge in [0.1, 0.15) is 15.8 Å². The summed E-state index contributed by atoms with van der Waals surface area (Å²) in [6, 6.07) is 14.4. The molecule has 2 heterocycles. The molecule has 0 aliphatic carbocycles. The topological polar surface area (TPSA) is 94.3 Å². The van der Waals surface area contributed by atoms with Crippen LogP contribution in [0.2, 0.25) is 0 Å². The zero-order valence-corrected chi connectivity index (χ0v) is 17.3. The van der Waals surface area contributed by atoms with Crippen molar-refractivity contribution >= 4 is 21.4 Å². The maximum absolute atomic E-state index is 13.4. The number of hydrogen-bond donors (Lipinski definition) is 1. The van der Waals surface area contributed by atoms with Crippen LogP contribution >= 0.6 is 11.3 Å². The molecular weight excluding hydrogens is 429 g/mol. The van der Waals surface area contributed by atoms with Gasteiger partial charge in [-0.25, -0.2) is 17.5 Å². The number of thiophene rings is 1. The molecule has 4 aromatic rings. The minimum atomic E-state index is -3.71. The first-order valence-electron chi connectivity index (χ1n) is 8.76. The minimum absolute atomic E-state index is 0.122. The Morgan fingerprint density at radius 1 is 1.13 bits per heavy atom. The first kappa shape index (κ1) is 20.2. The van der Waals surface area contributed by atoms with E-state index in [2.05, 4.69) is 14.9 Å². The maximum atomic E-state index is 13.4. The Morgan fingerprint density at radius 3 is 2.67 bits per heavy atom. The lowest BCUT2D eigenvalue weighted by molar-refractivity contribution is 0.414. The van der Waals surface area contributed by atoms with E-state index >= 15 is 0 Å². The second-order valence-electron chi connectivity index (χ2n) is 6.26. The molecule has 30 heavy (non-hydrogen) atoms. The monoisotopic (exact) mass is 445 g/mol. The standard InChI is InChI=1S/C20H16FN3O4S2/c1-27-17-7-5-13(6-8-17)11-22-30(25,26)18-10-15(12-29-18)20-23-19(24-28-20)14-3-2-4-16(21)9-14/h2-10,12,22H,11H2,1H3. The van der Waals surface area contributed by atoms with Crippen LogP contribution in [0.5, 0.6) is 5.75 Å². The Hall–Kier alpha value is -3.08. The third kappa shape index (κ3) is 4.40. The summed E-state index contributed by atoms with van der Waals surface area (Å²) in [4.78, 5) is 4.23. The van der Waals surface area contributed by atoms with Gasteiger partial charge in [0.2, 0.25) is 15.8 Å². The van der Waals surface area contributed by atoms with Gasteiger partial charge in [0.25, 0.3) is 5.89 Å². The van der Waals surface area contributed by atoms with Crippen LogP contribution in [0.3, 0.4) is 0 Å². The van der Waals surface area contributed by atoms with Gasteiger partial charge in [-0.05, 0) is 35.9 Å². The first-order chi connectivity index (χ1) is 14.4. The third-order valence-electron chi connectivity index (χ3n) is 4.22. The molecule has 154 valence electrons. The molecule has 0 radical (unpaired) electrons. The molecule has 2 aromatic carbocycles. The fraction of sp³-hybridized carbons (Fsp3) is 0.100. The number of aromatic nitrogens is 2. The van der Waals surface area contributed by atoms with Crippen LogP contribution in [0, 0.1) is 5.82 Å². The van der Waals surface area contributed by atoms with Crippen LogP contribution in [0.25, 0.3) is 22.8 Å². The van der Waals surface area contributed by atoms with Crippen LogP contribution in [0.1, 0.15) is 5.56 Å². The molecule has 0 bridgehead atoms. The molecule has 4 rings (SSSR count). The molecule has 0 unspecified atom stereocenters. The fourth-order valence-corrected chi connectivity index (χ4v) is 4.86. The Morgan fingerprint density at radius 2 is 1.93 bits per heavy atom. The Balaban J connectivity index is 1.49. The molecule has 0 aliphatic rings. The summed E-state index contributed by atoms with van der Waals surface area (Å²) in [6.45, 7) is 0.143. The van der Waals surface area contributed by atoms with Crippen molar-refractivity contribution in [3.05, 3.63) is 71.4 Å². The molecule has 10 heteroatoms. The maximum Gasteiger partial charge on any atom is 0.259 e. The van der Waals surface area contributed by atoms with Crippen molar-refractivity contribution in [3.63, 3.8) is 0 Å². The molecule has 0 amide bonds. The quantitative estimate of drug-likeness (QED) is 0.460. The lowest BCUT2D eigenvalue weighted by atomic mass is 10.2. The van der Waals surface area contributed by atoms with Gasteiger partial charge < -0.3 is 9.26 Å². The number of benzene rings is 2. The lowest BCUT2D eigenvalue weighted by Gasteiger charge is -2.06. The zero-order chi connectivity index (χ0) is 21.1. The molecule has 0 atom stereocenters. The highest BCUT2D eigenvalue weighted by atomic mass is 32.2. The number of nitrogens with zero attached hydrogens (tertiary/aromatic N) is 2. The second kappa shape index (κ2) is 8.34. The van der Waals surface area contributed by atoms with Crippen LogP contribution in [-0.4, -0.2) is 25.7 Å². The highest BCUT2D eigenvalue weighted by Crippen LogP contribution is 2.29. The van der Waals surface area contributed by atoms with Crippen LogP contribution in [-0.2, 0) is 16.6 Å². The van der Waals surface area contributed by atoms with Gasteiger partial charge in [-0.15, -0.1) is 11.3 Å². The molecular formula is C20H16FN3O4S2. The van der Waals surface area contributed by atoms with E-state index in [0.29, 0.717) is 16.9 Å². The summed E-state index contributed by atoms with van der Waals surface area (Å²) in [5, 5.41) is 5.46. The van der Waals surface area contributed by atoms with Gasteiger partial charge >= 0.3 is 0 Å². The van der Waals surface area contributed by atoms with Gasteiger partial charge in [-0.3, -0.25) is 0 Å². The van der Waals surface area contributed by atoms with Crippen molar-refractivity contribution in [2.75, 3.05) is 7.11 Å². The molecule has 0 fully saturated rings. The number of halogens is 1. The normalized spacial score (nSPS) is 11.5. The highest BCUT2D eigenvalue weighted by molar-refractivity contribution is 7.91. The predicted octanol–water partition coefficient (Wildman–Crippen LogP) is 4.09. The Bertz CT molecular complexity index is 1270. The van der Waals surface area contributed by atoms with E-state index in [1.54, 1.807) is 48.9 Å². The molecule has 1 N–H and O–H groups in total. The predicted molar refractivity (Wildman–Crippen MR) is 110 cm³/mol. The Kier molecular flexibility index (Phi) is 5.62. The van der Waals surface area contributed by atoms with E-state index < -0.39 is 15.8 Å².